The van der Waals surface area contributed by atoms with E-state index in [0.29, 0.717) is 17.4 Å². The highest BCUT2D eigenvalue weighted by atomic mass is 16.3. The van der Waals surface area contributed by atoms with Crippen molar-refractivity contribution in [1.82, 2.24) is 15.1 Å². The van der Waals surface area contributed by atoms with Crippen LogP contribution in [0, 0.1) is 6.92 Å². The summed E-state index contributed by atoms with van der Waals surface area (Å²) in [6, 6.07) is 5.59. The maximum Gasteiger partial charge on any atom is 0.276 e. The van der Waals surface area contributed by atoms with Crippen LogP contribution in [0.1, 0.15) is 60.3 Å². The Morgan fingerprint density at radius 3 is 2.92 bits per heavy atom. The third-order valence-electron chi connectivity index (χ3n) is 4.73. The lowest BCUT2D eigenvalue weighted by Crippen LogP contribution is -2.32. The number of phenols is 1. The molecule has 6 heteroatoms. The number of aryl methyl sites for hydroxylation is 1. The Hall–Kier alpha value is -2.34. The van der Waals surface area contributed by atoms with E-state index in [1.54, 1.807) is 12.1 Å². The molecule has 2 aromatic rings. The zero-order chi connectivity index (χ0) is 18.0. The van der Waals surface area contributed by atoms with Crippen molar-refractivity contribution in [2.75, 3.05) is 18.4 Å². The molecule has 134 valence electrons. The number of nitrogens with one attached hydrogen (secondary N) is 2. The van der Waals surface area contributed by atoms with Crippen molar-refractivity contribution in [3.05, 3.63) is 41.2 Å². The second-order valence-electron chi connectivity index (χ2n) is 7.02. The largest absolute Gasteiger partial charge is 0.508 e. The van der Waals surface area contributed by atoms with Gasteiger partial charge in [0.25, 0.3) is 5.91 Å². The molecule has 1 atom stereocenters. The number of benzene rings is 1. The van der Waals surface area contributed by atoms with Gasteiger partial charge in [0.05, 0.1) is 6.04 Å². The zero-order valence-corrected chi connectivity index (χ0v) is 15.0. The Kier molecular flexibility index (Phi) is 5.08. The predicted octanol–water partition coefficient (Wildman–Crippen LogP) is 3.20. The lowest BCUT2D eigenvalue weighted by atomic mass is 9.99. The van der Waals surface area contributed by atoms with E-state index >= 15 is 0 Å². The van der Waals surface area contributed by atoms with E-state index in [9.17, 15) is 9.90 Å². The first kappa shape index (κ1) is 17.5. The summed E-state index contributed by atoms with van der Waals surface area (Å²) >= 11 is 0. The second-order valence-corrected chi connectivity index (χ2v) is 7.02. The molecular weight excluding hydrogens is 316 g/mol. The number of carbonyl (C=O) groups excluding carboxylic acids is 1. The molecule has 1 unspecified atom stereocenters. The number of phenolic OH excluding ortho intramolecular Hbond substituents is 1. The molecule has 1 aromatic carbocycles. The van der Waals surface area contributed by atoms with Gasteiger partial charge in [-0.1, -0.05) is 13.8 Å². The van der Waals surface area contributed by atoms with Crippen molar-refractivity contribution in [1.29, 1.82) is 0 Å². The molecule has 2 heterocycles. The highest BCUT2D eigenvalue weighted by Gasteiger charge is 2.18. The molecule has 3 rings (SSSR count). The molecule has 1 amide bonds. The SMILES string of the molecule is Cc1cc(O)c(C(C)C)cc1NC(=O)c1ccn(C2CCCNC2)n1. The molecule has 3 N–H and O–H groups in total. The molecule has 0 saturated carbocycles. The summed E-state index contributed by atoms with van der Waals surface area (Å²) in [4.78, 5) is 12.6. The average Bonchev–Trinajstić information content (AvgIpc) is 3.08. The van der Waals surface area contributed by atoms with Crippen LogP contribution in [0.3, 0.4) is 0 Å². The first-order chi connectivity index (χ1) is 12.0. The maximum atomic E-state index is 12.6. The summed E-state index contributed by atoms with van der Waals surface area (Å²) in [5.74, 6) is 0.208. The highest BCUT2D eigenvalue weighted by Crippen LogP contribution is 2.31. The van der Waals surface area contributed by atoms with Crippen molar-refractivity contribution in [3.63, 3.8) is 0 Å². The summed E-state index contributed by atoms with van der Waals surface area (Å²) in [7, 11) is 0. The maximum absolute atomic E-state index is 12.6. The fourth-order valence-corrected chi connectivity index (χ4v) is 3.21. The lowest BCUT2D eigenvalue weighted by Gasteiger charge is -2.22. The standard InChI is InChI=1S/C19H26N4O2/c1-12(2)15-10-17(13(3)9-18(15)24)21-19(25)16-6-8-23(22-16)14-5-4-7-20-11-14/h6,8-10,12,14,20,24H,4-5,7,11H2,1-3H3,(H,21,25). The van der Waals surface area contributed by atoms with Gasteiger partial charge in [-0.3, -0.25) is 9.48 Å². The van der Waals surface area contributed by atoms with Crippen molar-refractivity contribution in [3.8, 4) is 5.75 Å². The molecule has 1 aromatic heterocycles. The van der Waals surface area contributed by atoms with E-state index in [1.807, 2.05) is 37.7 Å². The summed E-state index contributed by atoms with van der Waals surface area (Å²) < 4.78 is 1.88. The van der Waals surface area contributed by atoms with E-state index < -0.39 is 0 Å². The number of nitrogens with zero attached hydrogens (tertiary/aromatic N) is 2. The number of rotatable bonds is 4. The van der Waals surface area contributed by atoms with Gasteiger partial charge in [-0.25, -0.2) is 0 Å². The quantitative estimate of drug-likeness (QED) is 0.746. The fraction of sp³-hybridized carbons (Fsp3) is 0.474. The van der Waals surface area contributed by atoms with Gasteiger partial charge in [-0.05, 0) is 61.6 Å². The van der Waals surface area contributed by atoms with Gasteiger partial charge < -0.3 is 15.7 Å². The molecule has 1 aliphatic heterocycles. The van der Waals surface area contributed by atoms with Crippen LogP contribution in [0.2, 0.25) is 0 Å². The molecule has 1 fully saturated rings. The van der Waals surface area contributed by atoms with Crippen molar-refractivity contribution in [2.45, 2.75) is 45.6 Å². The smallest absolute Gasteiger partial charge is 0.276 e. The average molecular weight is 342 g/mol. The Morgan fingerprint density at radius 1 is 1.44 bits per heavy atom. The van der Waals surface area contributed by atoms with Gasteiger partial charge in [0.2, 0.25) is 0 Å². The first-order valence-corrected chi connectivity index (χ1v) is 8.86. The predicted molar refractivity (Wildman–Crippen MR) is 98.3 cm³/mol. The van der Waals surface area contributed by atoms with Crippen molar-refractivity contribution in [2.24, 2.45) is 0 Å². The number of anilines is 1. The Bertz CT molecular complexity index is 761. The van der Waals surface area contributed by atoms with Crippen LogP contribution < -0.4 is 10.6 Å². The molecule has 1 saturated heterocycles. The van der Waals surface area contributed by atoms with E-state index in [2.05, 4.69) is 15.7 Å². The van der Waals surface area contributed by atoms with E-state index in [-0.39, 0.29) is 17.6 Å². The summed E-state index contributed by atoms with van der Waals surface area (Å²) in [5, 5.41) is 20.8. The van der Waals surface area contributed by atoms with Crippen LogP contribution in [0.25, 0.3) is 0 Å². The highest BCUT2D eigenvalue weighted by molar-refractivity contribution is 6.03. The van der Waals surface area contributed by atoms with Gasteiger partial charge in [0, 0.05) is 18.4 Å². The van der Waals surface area contributed by atoms with E-state index in [0.717, 1.165) is 37.1 Å². The third kappa shape index (κ3) is 3.85. The van der Waals surface area contributed by atoms with Crippen LogP contribution in [0.4, 0.5) is 5.69 Å². The Morgan fingerprint density at radius 2 is 2.24 bits per heavy atom. The summed E-state index contributed by atoms with van der Waals surface area (Å²) in [6.07, 6.45) is 4.07. The van der Waals surface area contributed by atoms with Crippen molar-refractivity contribution >= 4 is 11.6 Å². The summed E-state index contributed by atoms with van der Waals surface area (Å²) in [5.41, 5.74) is 2.76. The number of carbonyl (C=O) groups is 1. The Labute approximate surface area is 148 Å². The molecule has 1 aliphatic rings. The molecule has 6 nitrogen and oxygen atoms in total. The van der Waals surface area contributed by atoms with Crippen LogP contribution in [0.15, 0.2) is 24.4 Å². The topological polar surface area (TPSA) is 79.2 Å². The monoisotopic (exact) mass is 342 g/mol. The lowest BCUT2D eigenvalue weighted by molar-refractivity contribution is 0.102. The first-order valence-electron chi connectivity index (χ1n) is 8.86. The van der Waals surface area contributed by atoms with E-state index in [1.165, 1.54) is 0 Å². The van der Waals surface area contributed by atoms with Crippen molar-refractivity contribution < 1.29 is 9.90 Å². The van der Waals surface area contributed by atoms with Crippen LogP contribution in [0.5, 0.6) is 5.75 Å². The molecule has 0 spiro atoms. The van der Waals surface area contributed by atoms with Gasteiger partial charge >= 0.3 is 0 Å². The van der Waals surface area contributed by atoms with Gasteiger partial charge in [-0.2, -0.15) is 5.10 Å². The molecule has 0 aliphatic carbocycles. The fourth-order valence-electron chi connectivity index (χ4n) is 3.21. The molecule has 0 radical (unpaired) electrons. The van der Waals surface area contributed by atoms with Gasteiger partial charge in [0.15, 0.2) is 5.69 Å². The van der Waals surface area contributed by atoms with Crippen LogP contribution in [-0.2, 0) is 0 Å². The Balaban J connectivity index is 1.76. The number of amides is 1. The van der Waals surface area contributed by atoms with Gasteiger partial charge in [-0.15, -0.1) is 0 Å². The number of aromatic nitrogens is 2. The van der Waals surface area contributed by atoms with Gasteiger partial charge in [0.1, 0.15) is 5.75 Å². The minimum atomic E-state index is -0.231. The molecule has 0 bridgehead atoms. The normalized spacial score (nSPS) is 17.7. The number of hydrogen-bond donors (Lipinski definition) is 3. The van der Waals surface area contributed by atoms with Crippen LogP contribution in [-0.4, -0.2) is 33.9 Å². The zero-order valence-electron chi connectivity index (χ0n) is 15.0. The second kappa shape index (κ2) is 7.27. The summed E-state index contributed by atoms with van der Waals surface area (Å²) in [6.45, 7) is 7.82. The minimum Gasteiger partial charge on any atom is -0.508 e. The van der Waals surface area contributed by atoms with Crippen LogP contribution >= 0.6 is 0 Å². The number of hydrogen-bond acceptors (Lipinski definition) is 4. The molecule has 25 heavy (non-hydrogen) atoms. The number of piperidine rings is 1. The minimum absolute atomic E-state index is 0.175. The number of aromatic hydroxyl groups is 1. The molecular formula is C19H26N4O2. The van der Waals surface area contributed by atoms with E-state index in [4.69, 9.17) is 0 Å². The third-order valence-corrected chi connectivity index (χ3v) is 4.73.